The minimum Gasteiger partial charge on any atom is -0.341 e. The lowest BCUT2D eigenvalue weighted by atomic mass is 10.1. The van der Waals surface area contributed by atoms with Gasteiger partial charge in [-0.2, -0.15) is 0 Å². The first-order valence-electron chi connectivity index (χ1n) is 9.44. The van der Waals surface area contributed by atoms with Gasteiger partial charge in [0.05, 0.1) is 12.8 Å². The smallest absolute Gasteiger partial charge is 0.176 e. The van der Waals surface area contributed by atoms with Crippen LogP contribution in [-0.4, -0.2) is 19.2 Å². The zero-order valence-electron chi connectivity index (χ0n) is 17.4. The normalized spacial score (nSPS) is 12.5. The van der Waals surface area contributed by atoms with E-state index in [1.807, 2.05) is 55.5 Å². The molecule has 8 nitrogen and oxygen atoms in total. The number of rotatable bonds is 9. The van der Waals surface area contributed by atoms with Crippen molar-refractivity contribution >= 4 is 29.0 Å². The number of hydrogen-bond acceptors (Lipinski definition) is 6. The highest BCUT2D eigenvalue weighted by Crippen LogP contribution is 2.17. The first kappa shape index (κ1) is 22.5. The Morgan fingerprint density at radius 3 is 2.30 bits per heavy atom. The van der Waals surface area contributed by atoms with Crippen LogP contribution in [0.15, 0.2) is 81.8 Å². The summed E-state index contributed by atoms with van der Waals surface area (Å²) in [5.41, 5.74) is 7.37. The maximum atomic E-state index is 7.73. The Balaban J connectivity index is 2.05. The number of nitrogens with two attached hydrogens (primary N) is 1. The van der Waals surface area contributed by atoms with Crippen LogP contribution in [0.4, 0.5) is 11.4 Å². The van der Waals surface area contributed by atoms with Crippen LogP contribution in [0.5, 0.6) is 0 Å². The third-order valence-corrected chi connectivity index (χ3v) is 4.08. The third-order valence-electron chi connectivity index (χ3n) is 4.08. The van der Waals surface area contributed by atoms with Gasteiger partial charge in [-0.15, -0.1) is 5.11 Å². The Morgan fingerprint density at radius 2 is 1.70 bits per heavy atom. The number of hydrogen-bond donors (Lipinski definition) is 4. The molecule has 2 aromatic rings. The van der Waals surface area contributed by atoms with Gasteiger partial charge in [-0.25, -0.2) is 4.99 Å². The fraction of sp³-hybridized carbons (Fsp3) is 0.182. The SMILES string of the molecule is CC/C=C(/N=C\C=C(/C)c1ccc(NOC)cc1)Nc1ccc(C(=N)N=NN)cc1. The van der Waals surface area contributed by atoms with Gasteiger partial charge in [0.15, 0.2) is 5.84 Å². The molecule has 5 N–H and O–H groups in total. The van der Waals surface area contributed by atoms with Crippen LogP contribution >= 0.6 is 0 Å². The summed E-state index contributed by atoms with van der Waals surface area (Å²) in [4.78, 5) is 9.43. The van der Waals surface area contributed by atoms with Crippen LogP contribution < -0.4 is 16.6 Å². The van der Waals surface area contributed by atoms with E-state index in [1.165, 1.54) is 0 Å². The van der Waals surface area contributed by atoms with Gasteiger partial charge < -0.3 is 11.2 Å². The summed E-state index contributed by atoms with van der Waals surface area (Å²) in [6.07, 6.45) is 6.59. The van der Waals surface area contributed by atoms with Gasteiger partial charge in [-0.1, -0.05) is 24.3 Å². The molecule has 0 saturated heterocycles. The second-order valence-electron chi connectivity index (χ2n) is 6.28. The summed E-state index contributed by atoms with van der Waals surface area (Å²) >= 11 is 0. The summed E-state index contributed by atoms with van der Waals surface area (Å²) in [7, 11) is 1.58. The largest absolute Gasteiger partial charge is 0.341 e. The summed E-state index contributed by atoms with van der Waals surface area (Å²) in [6.45, 7) is 4.09. The average Bonchev–Trinajstić information content (AvgIpc) is 2.75. The molecule has 156 valence electrons. The summed E-state index contributed by atoms with van der Waals surface area (Å²) in [6, 6.07) is 15.2. The van der Waals surface area contributed by atoms with Crippen LogP contribution in [0.2, 0.25) is 0 Å². The van der Waals surface area contributed by atoms with Crippen molar-refractivity contribution < 1.29 is 4.84 Å². The fourth-order valence-electron chi connectivity index (χ4n) is 2.55. The number of amidine groups is 1. The van der Waals surface area contributed by atoms with E-state index in [0.717, 1.165) is 34.8 Å². The van der Waals surface area contributed by atoms with E-state index in [2.05, 4.69) is 33.1 Å². The lowest BCUT2D eigenvalue weighted by molar-refractivity contribution is 0.271. The average molecular weight is 406 g/mol. The van der Waals surface area contributed by atoms with E-state index in [-0.39, 0.29) is 5.84 Å². The van der Waals surface area contributed by atoms with Crippen LogP contribution in [0, 0.1) is 5.41 Å². The molecule has 30 heavy (non-hydrogen) atoms. The van der Waals surface area contributed by atoms with Crippen molar-refractivity contribution in [2.24, 2.45) is 21.2 Å². The van der Waals surface area contributed by atoms with E-state index in [9.17, 15) is 0 Å². The molecule has 0 saturated carbocycles. The van der Waals surface area contributed by atoms with E-state index in [0.29, 0.717) is 5.56 Å². The molecule has 2 aromatic carbocycles. The van der Waals surface area contributed by atoms with Crippen molar-refractivity contribution in [3.8, 4) is 0 Å². The van der Waals surface area contributed by atoms with Gasteiger partial charge >= 0.3 is 0 Å². The number of nitrogens with zero attached hydrogens (tertiary/aromatic N) is 3. The van der Waals surface area contributed by atoms with Crippen molar-refractivity contribution in [2.75, 3.05) is 17.9 Å². The predicted octanol–water partition coefficient (Wildman–Crippen LogP) is 5.15. The monoisotopic (exact) mass is 405 g/mol. The zero-order chi connectivity index (χ0) is 21.8. The van der Waals surface area contributed by atoms with Crippen molar-refractivity contribution in [2.45, 2.75) is 20.3 Å². The fourth-order valence-corrected chi connectivity index (χ4v) is 2.55. The summed E-state index contributed by atoms with van der Waals surface area (Å²) in [5, 5.41) is 17.7. The molecule has 0 fully saturated rings. The number of nitrogens with one attached hydrogen (secondary N) is 3. The number of allylic oxidation sites excluding steroid dienone is 3. The summed E-state index contributed by atoms with van der Waals surface area (Å²) < 4.78 is 0. The molecule has 0 radical (unpaired) electrons. The van der Waals surface area contributed by atoms with Crippen molar-refractivity contribution in [1.29, 1.82) is 5.41 Å². The standard InChI is InChI=1S/C22H27N7O/c1-4-5-21(26-19-10-8-18(9-11-19)22(23)27-29-24)25-15-14-16(2)17-6-12-20(13-7-17)28-30-3/h5-15,26,28H,4H2,1-3H3,(H3,23,24,27)/b16-14+,21-5-,25-15-. The first-order valence-corrected chi connectivity index (χ1v) is 9.44. The predicted molar refractivity (Wildman–Crippen MR) is 124 cm³/mol. The first-order chi connectivity index (χ1) is 14.6. The second-order valence-corrected chi connectivity index (χ2v) is 6.28. The highest BCUT2D eigenvalue weighted by Gasteiger charge is 2.01. The maximum absolute atomic E-state index is 7.73. The topological polar surface area (TPSA) is 120 Å². The molecular weight excluding hydrogens is 378 g/mol. The van der Waals surface area contributed by atoms with Gasteiger partial charge in [0.25, 0.3) is 0 Å². The molecule has 0 spiro atoms. The van der Waals surface area contributed by atoms with Crippen LogP contribution in [0.25, 0.3) is 5.57 Å². The van der Waals surface area contributed by atoms with Crippen molar-refractivity contribution in [1.82, 2.24) is 0 Å². The minimum atomic E-state index is 0.0121. The van der Waals surface area contributed by atoms with Gasteiger partial charge in [-0.3, -0.25) is 15.7 Å². The molecule has 0 atom stereocenters. The summed E-state index contributed by atoms with van der Waals surface area (Å²) in [5.74, 6) is 5.74. The second kappa shape index (κ2) is 11.9. The molecule has 0 unspecified atom stereocenters. The molecule has 0 aliphatic rings. The maximum Gasteiger partial charge on any atom is 0.176 e. The van der Waals surface area contributed by atoms with Crippen LogP contribution in [0.1, 0.15) is 31.4 Å². The van der Waals surface area contributed by atoms with E-state index < -0.39 is 0 Å². The van der Waals surface area contributed by atoms with Crippen LogP contribution in [-0.2, 0) is 4.84 Å². The molecular formula is C22H27N7O. The van der Waals surface area contributed by atoms with Gasteiger partial charge in [-0.05, 0) is 73.0 Å². The highest BCUT2D eigenvalue weighted by molar-refractivity contribution is 5.96. The highest BCUT2D eigenvalue weighted by atomic mass is 16.6. The quantitative estimate of drug-likeness (QED) is 0.152. The molecule has 0 aliphatic carbocycles. The molecule has 0 bridgehead atoms. The molecule has 0 aliphatic heterocycles. The third kappa shape index (κ3) is 6.99. The van der Waals surface area contributed by atoms with Crippen molar-refractivity contribution in [3.05, 3.63) is 77.6 Å². The van der Waals surface area contributed by atoms with E-state index in [1.54, 1.807) is 25.5 Å². The molecule has 0 amide bonds. The van der Waals surface area contributed by atoms with Crippen LogP contribution in [0.3, 0.4) is 0 Å². The van der Waals surface area contributed by atoms with Crippen molar-refractivity contribution in [3.63, 3.8) is 0 Å². The van der Waals surface area contributed by atoms with E-state index in [4.69, 9.17) is 16.1 Å². The Labute approximate surface area is 176 Å². The van der Waals surface area contributed by atoms with E-state index >= 15 is 0 Å². The minimum absolute atomic E-state index is 0.0121. The number of aliphatic imine (C=N–C) groups is 1. The number of benzene rings is 2. The molecule has 8 heteroatoms. The lowest BCUT2D eigenvalue weighted by Crippen LogP contribution is -1.99. The Morgan fingerprint density at radius 1 is 1.07 bits per heavy atom. The van der Waals surface area contributed by atoms with Gasteiger partial charge in [0.2, 0.25) is 0 Å². The molecule has 0 heterocycles. The number of anilines is 2. The molecule has 2 rings (SSSR count). The zero-order valence-corrected chi connectivity index (χ0v) is 17.4. The Kier molecular flexibility index (Phi) is 8.95. The molecule has 0 aromatic heterocycles. The van der Waals surface area contributed by atoms with Gasteiger partial charge in [0.1, 0.15) is 5.82 Å². The Hall–Kier alpha value is -3.78. The lowest BCUT2D eigenvalue weighted by Gasteiger charge is -2.07. The van der Waals surface area contributed by atoms with Gasteiger partial charge in [0, 0.05) is 17.5 Å². The Bertz CT molecular complexity index is 942.